The van der Waals surface area contributed by atoms with E-state index < -0.39 is 0 Å². The molecule has 2 rings (SSSR count). The molecule has 0 bridgehead atoms. The Labute approximate surface area is 81.0 Å². The molecular weight excluding hydrogens is 180 g/mol. The van der Waals surface area contributed by atoms with Gasteiger partial charge in [0.1, 0.15) is 12.5 Å². The van der Waals surface area contributed by atoms with Crippen LogP contribution in [-0.4, -0.2) is 25.8 Å². The Morgan fingerprint density at radius 1 is 1.14 bits per heavy atom. The maximum atomic E-state index is 10.5. The SMILES string of the molecule is O=CCC(n1cccn1)n1cccn1. The highest BCUT2D eigenvalue weighted by atomic mass is 16.1. The minimum atomic E-state index is -0.155. The molecule has 0 fully saturated rings. The fourth-order valence-electron chi connectivity index (χ4n) is 1.34. The average Bonchev–Trinajstić information content (AvgIpc) is 2.87. The Morgan fingerprint density at radius 3 is 2.07 bits per heavy atom. The topological polar surface area (TPSA) is 52.7 Å². The first-order chi connectivity index (χ1) is 6.92. The van der Waals surface area contributed by atoms with Gasteiger partial charge in [0.25, 0.3) is 0 Å². The van der Waals surface area contributed by atoms with E-state index in [1.54, 1.807) is 21.8 Å². The predicted octanol–water partition coefficient (Wildman–Crippen LogP) is 0.715. The molecule has 0 atom stereocenters. The smallest absolute Gasteiger partial charge is 0.149 e. The molecule has 0 aliphatic heterocycles. The molecule has 0 saturated heterocycles. The summed E-state index contributed by atoms with van der Waals surface area (Å²) in [7, 11) is 0. The monoisotopic (exact) mass is 190 g/mol. The molecule has 0 aliphatic rings. The Balaban J connectivity index is 2.29. The van der Waals surface area contributed by atoms with Crippen LogP contribution >= 0.6 is 0 Å². The first-order valence-electron chi connectivity index (χ1n) is 4.33. The van der Waals surface area contributed by atoms with Gasteiger partial charge in [0, 0.05) is 31.2 Å². The van der Waals surface area contributed by atoms with Crippen molar-refractivity contribution in [1.29, 1.82) is 0 Å². The zero-order valence-electron chi connectivity index (χ0n) is 7.52. The minimum Gasteiger partial charge on any atom is -0.303 e. The van der Waals surface area contributed by atoms with Gasteiger partial charge < -0.3 is 4.79 Å². The van der Waals surface area contributed by atoms with E-state index >= 15 is 0 Å². The van der Waals surface area contributed by atoms with E-state index in [9.17, 15) is 4.79 Å². The largest absolute Gasteiger partial charge is 0.303 e. The van der Waals surface area contributed by atoms with Gasteiger partial charge in [-0.25, -0.2) is 9.36 Å². The van der Waals surface area contributed by atoms with Crippen LogP contribution in [0.4, 0.5) is 0 Å². The summed E-state index contributed by atoms with van der Waals surface area (Å²) in [5, 5.41) is 8.18. The second kappa shape index (κ2) is 3.87. The predicted molar refractivity (Wildman–Crippen MR) is 49.6 cm³/mol. The Hall–Kier alpha value is -1.91. The van der Waals surface area contributed by atoms with E-state index in [0.717, 1.165) is 6.29 Å². The van der Waals surface area contributed by atoms with Crippen LogP contribution in [0.5, 0.6) is 0 Å². The van der Waals surface area contributed by atoms with Crippen LogP contribution in [0.15, 0.2) is 36.9 Å². The number of rotatable bonds is 4. The average molecular weight is 190 g/mol. The van der Waals surface area contributed by atoms with Crippen molar-refractivity contribution in [1.82, 2.24) is 19.6 Å². The molecule has 5 nitrogen and oxygen atoms in total. The number of carbonyl (C=O) groups is 1. The summed E-state index contributed by atoms with van der Waals surface area (Å²) in [6.45, 7) is 0. The Morgan fingerprint density at radius 2 is 1.71 bits per heavy atom. The van der Waals surface area contributed by atoms with Gasteiger partial charge in [-0.1, -0.05) is 0 Å². The van der Waals surface area contributed by atoms with E-state index in [1.807, 2.05) is 24.5 Å². The zero-order valence-corrected chi connectivity index (χ0v) is 7.52. The summed E-state index contributed by atoms with van der Waals surface area (Å²) in [5.74, 6) is 0. The summed E-state index contributed by atoms with van der Waals surface area (Å²) in [6.07, 6.45) is 8.07. The van der Waals surface area contributed by atoms with E-state index in [-0.39, 0.29) is 6.17 Å². The van der Waals surface area contributed by atoms with Crippen molar-refractivity contribution in [3.05, 3.63) is 36.9 Å². The maximum absolute atomic E-state index is 10.5. The second-order valence-electron chi connectivity index (χ2n) is 2.86. The van der Waals surface area contributed by atoms with Crippen molar-refractivity contribution in [3.8, 4) is 0 Å². The summed E-state index contributed by atoms with van der Waals surface area (Å²) < 4.78 is 3.42. The van der Waals surface area contributed by atoms with Crippen LogP contribution in [-0.2, 0) is 4.79 Å². The molecular formula is C9H10N4O. The second-order valence-corrected chi connectivity index (χ2v) is 2.86. The first kappa shape index (κ1) is 8.68. The van der Waals surface area contributed by atoms with Crippen LogP contribution in [0, 0.1) is 0 Å². The third-order valence-corrected chi connectivity index (χ3v) is 1.97. The van der Waals surface area contributed by atoms with Crippen LogP contribution in [0.2, 0.25) is 0 Å². The number of hydrogen-bond acceptors (Lipinski definition) is 3. The maximum Gasteiger partial charge on any atom is 0.149 e. The summed E-state index contributed by atoms with van der Waals surface area (Å²) in [5.41, 5.74) is 0. The van der Waals surface area contributed by atoms with Gasteiger partial charge >= 0.3 is 0 Å². The lowest BCUT2D eigenvalue weighted by Gasteiger charge is -2.14. The summed E-state index contributed by atoms with van der Waals surface area (Å²) >= 11 is 0. The number of nitrogens with zero attached hydrogens (tertiary/aromatic N) is 4. The lowest BCUT2D eigenvalue weighted by molar-refractivity contribution is -0.108. The molecule has 14 heavy (non-hydrogen) atoms. The van der Waals surface area contributed by atoms with Gasteiger partial charge in [-0.3, -0.25) is 0 Å². The summed E-state index contributed by atoms with van der Waals surface area (Å²) in [4.78, 5) is 10.5. The van der Waals surface area contributed by atoms with E-state index in [1.165, 1.54) is 0 Å². The fraction of sp³-hybridized carbons (Fsp3) is 0.222. The molecule has 5 heteroatoms. The third-order valence-electron chi connectivity index (χ3n) is 1.97. The standard InChI is InChI=1S/C9H10N4O/c14-8-3-9(12-6-1-4-10-12)13-7-2-5-11-13/h1-2,4-9H,3H2. The van der Waals surface area contributed by atoms with Gasteiger partial charge in [-0.2, -0.15) is 10.2 Å². The lowest BCUT2D eigenvalue weighted by atomic mass is 10.4. The first-order valence-corrected chi connectivity index (χ1v) is 4.33. The van der Waals surface area contributed by atoms with Crippen LogP contribution in [0.25, 0.3) is 0 Å². The number of carbonyl (C=O) groups excluding carboxylic acids is 1. The fourth-order valence-corrected chi connectivity index (χ4v) is 1.34. The highest BCUT2D eigenvalue weighted by molar-refractivity contribution is 5.50. The third kappa shape index (κ3) is 1.56. The molecule has 0 saturated carbocycles. The van der Waals surface area contributed by atoms with E-state index in [2.05, 4.69) is 10.2 Å². The molecule has 0 N–H and O–H groups in total. The highest BCUT2D eigenvalue weighted by Crippen LogP contribution is 2.10. The van der Waals surface area contributed by atoms with Crippen molar-refractivity contribution in [2.45, 2.75) is 12.6 Å². The quantitative estimate of drug-likeness (QED) is 0.667. The minimum absolute atomic E-state index is 0.155. The molecule has 2 aromatic rings. The molecule has 2 heterocycles. The highest BCUT2D eigenvalue weighted by Gasteiger charge is 2.11. The molecule has 0 aromatic carbocycles. The van der Waals surface area contributed by atoms with Gasteiger partial charge in [0.2, 0.25) is 0 Å². The molecule has 0 radical (unpaired) electrons. The normalized spacial score (nSPS) is 10.6. The van der Waals surface area contributed by atoms with Crippen molar-refractivity contribution in [2.24, 2.45) is 0 Å². The molecule has 0 spiro atoms. The lowest BCUT2D eigenvalue weighted by Crippen LogP contribution is -2.19. The Kier molecular flexibility index (Phi) is 2.40. The van der Waals surface area contributed by atoms with E-state index in [4.69, 9.17) is 0 Å². The van der Waals surface area contributed by atoms with Crippen molar-refractivity contribution in [3.63, 3.8) is 0 Å². The van der Waals surface area contributed by atoms with Gasteiger partial charge in [-0.05, 0) is 12.1 Å². The van der Waals surface area contributed by atoms with Crippen molar-refractivity contribution in [2.75, 3.05) is 0 Å². The number of aldehydes is 1. The molecule has 2 aromatic heterocycles. The molecule has 0 aliphatic carbocycles. The van der Waals surface area contributed by atoms with Crippen molar-refractivity contribution >= 4 is 6.29 Å². The number of hydrogen-bond donors (Lipinski definition) is 0. The summed E-state index contributed by atoms with van der Waals surface area (Å²) in [6, 6.07) is 3.64. The number of aromatic nitrogens is 4. The van der Waals surface area contributed by atoms with Crippen LogP contribution < -0.4 is 0 Å². The van der Waals surface area contributed by atoms with Gasteiger partial charge in [-0.15, -0.1) is 0 Å². The zero-order chi connectivity index (χ0) is 9.80. The Bertz CT molecular complexity index is 345. The van der Waals surface area contributed by atoms with Crippen LogP contribution in [0.3, 0.4) is 0 Å². The molecule has 0 unspecified atom stereocenters. The van der Waals surface area contributed by atoms with Crippen LogP contribution in [0.1, 0.15) is 12.6 Å². The van der Waals surface area contributed by atoms with Crippen molar-refractivity contribution < 1.29 is 4.79 Å². The molecule has 72 valence electrons. The van der Waals surface area contributed by atoms with Gasteiger partial charge in [0.15, 0.2) is 0 Å². The molecule has 0 amide bonds. The van der Waals surface area contributed by atoms with E-state index in [0.29, 0.717) is 6.42 Å². The van der Waals surface area contributed by atoms with Gasteiger partial charge in [0.05, 0.1) is 0 Å².